The highest BCUT2D eigenvalue weighted by Gasteiger charge is 2.36. The summed E-state index contributed by atoms with van der Waals surface area (Å²) in [6.07, 6.45) is -4.55. The van der Waals surface area contributed by atoms with E-state index >= 15 is 0 Å². The lowest BCUT2D eigenvalue weighted by Gasteiger charge is -2.09. The summed E-state index contributed by atoms with van der Waals surface area (Å²) >= 11 is 0.567. The number of aromatic nitrogens is 2. The van der Waals surface area contributed by atoms with Crippen LogP contribution in [0.4, 0.5) is 18.3 Å². The van der Waals surface area contributed by atoms with Gasteiger partial charge in [0.05, 0.1) is 6.54 Å². The van der Waals surface area contributed by atoms with E-state index < -0.39 is 12.0 Å². The lowest BCUT2D eigenvalue weighted by molar-refractivity contribution is -0.144. The van der Waals surface area contributed by atoms with Gasteiger partial charge in [-0.1, -0.05) is 0 Å². The highest BCUT2D eigenvalue weighted by Crippen LogP contribution is 2.28. The number of carbonyl (C=O) groups excluding carboxylic acids is 1. The largest absolute Gasteiger partial charge is 0.452 e. The van der Waals surface area contributed by atoms with Crippen molar-refractivity contribution in [3.05, 3.63) is 5.82 Å². The van der Waals surface area contributed by atoms with E-state index in [1.54, 1.807) is 14.1 Å². The van der Waals surface area contributed by atoms with Gasteiger partial charge in [-0.15, -0.1) is 0 Å². The fourth-order valence-electron chi connectivity index (χ4n) is 0.720. The Morgan fingerprint density at radius 1 is 1.50 bits per heavy atom. The van der Waals surface area contributed by atoms with E-state index in [4.69, 9.17) is 0 Å². The average molecular weight is 254 g/mol. The molecule has 0 aliphatic heterocycles. The van der Waals surface area contributed by atoms with E-state index in [0.29, 0.717) is 11.5 Å². The molecule has 0 saturated carbocycles. The maximum atomic E-state index is 12.1. The Labute approximate surface area is 93.4 Å². The van der Waals surface area contributed by atoms with E-state index in [1.807, 2.05) is 0 Å². The van der Waals surface area contributed by atoms with Crippen molar-refractivity contribution < 1.29 is 18.0 Å². The predicted octanol–water partition coefficient (Wildman–Crippen LogP) is 1.06. The smallest absolute Gasteiger partial charge is 0.351 e. The lowest BCUT2D eigenvalue weighted by atomic mass is 10.5. The second kappa shape index (κ2) is 4.64. The van der Waals surface area contributed by atoms with E-state index in [9.17, 15) is 18.0 Å². The molecule has 0 fully saturated rings. The van der Waals surface area contributed by atoms with Gasteiger partial charge in [-0.05, 0) is 0 Å². The van der Waals surface area contributed by atoms with Crippen molar-refractivity contribution in [2.24, 2.45) is 0 Å². The van der Waals surface area contributed by atoms with Crippen molar-refractivity contribution in [2.45, 2.75) is 6.18 Å². The van der Waals surface area contributed by atoms with Gasteiger partial charge in [-0.3, -0.25) is 4.79 Å². The summed E-state index contributed by atoms with van der Waals surface area (Å²) < 4.78 is 39.4. The van der Waals surface area contributed by atoms with Gasteiger partial charge in [0.2, 0.25) is 16.9 Å². The van der Waals surface area contributed by atoms with Crippen LogP contribution in [0.25, 0.3) is 0 Å². The molecule has 0 saturated heterocycles. The fourth-order valence-corrected chi connectivity index (χ4v) is 1.30. The van der Waals surface area contributed by atoms with Crippen LogP contribution in [0.1, 0.15) is 5.82 Å². The van der Waals surface area contributed by atoms with E-state index in [2.05, 4.69) is 14.7 Å². The highest BCUT2D eigenvalue weighted by molar-refractivity contribution is 7.09. The van der Waals surface area contributed by atoms with Crippen LogP contribution in [0.15, 0.2) is 0 Å². The number of anilines is 1. The molecule has 1 N–H and O–H groups in total. The molecule has 16 heavy (non-hydrogen) atoms. The zero-order valence-electron chi connectivity index (χ0n) is 8.50. The Kier molecular flexibility index (Phi) is 3.68. The Morgan fingerprint density at radius 3 is 2.56 bits per heavy atom. The van der Waals surface area contributed by atoms with Crippen molar-refractivity contribution in [1.29, 1.82) is 0 Å². The molecule has 0 spiro atoms. The summed E-state index contributed by atoms with van der Waals surface area (Å²) in [6.45, 7) is -0.112. The van der Waals surface area contributed by atoms with Crippen molar-refractivity contribution in [3.63, 3.8) is 0 Å². The van der Waals surface area contributed by atoms with Crippen LogP contribution < -0.4 is 5.32 Å². The van der Waals surface area contributed by atoms with Crippen LogP contribution in [-0.2, 0) is 11.0 Å². The number of nitrogens with one attached hydrogen (secondary N) is 1. The number of amides is 1. The van der Waals surface area contributed by atoms with Crippen molar-refractivity contribution >= 4 is 22.6 Å². The normalized spacial score (nSPS) is 11.3. The van der Waals surface area contributed by atoms with Gasteiger partial charge in [-0.2, -0.15) is 22.5 Å². The Bertz CT molecular complexity index is 376. The Balaban J connectivity index is 2.57. The molecule has 0 aliphatic rings. The zero-order chi connectivity index (χ0) is 12.3. The first-order chi connectivity index (χ1) is 7.30. The van der Waals surface area contributed by atoms with Crippen LogP contribution in [-0.4, -0.2) is 40.8 Å². The predicted molar refractivity (Wildman–Crippen MR) is 52.1 cm³/mol. The van der Waals surface area contributed by atoms with Crippen LogP contribution in [0.5, 0.6) is 0 Å². The maximum Gasteiger partial charge on any atom is 0.452 e. The maximum absolute atomic E-state index is 12.1. The van der Waals surface area contributed by atoms with Crippen LogP contribution >= 0.6 is 11.5 Å². The molecular weight excluding hydrogens is 245 g/mol. The first-order valence-electron chi connectivity index (χ1n) is 4.15. The van der Waals surface area contributed by atoms with E-state index in [1.165, 1.54) is 4.90 Å². The molecule has 0 radical (unpaired) electrons. The molecule has 1 rings (SSSR count). The summed E-state index contributed by atoms with van der Waals surface area (Å²) in [5.74, 6) is -1.46. The minimum atomic E-state index is -4.55. The minimum absolute atomic E-state index is 0.0254. The van der Waals surface area contributed by atoms with Crippen LogP contribution in [0.2, 0.25) is 0 Å². The summed E-state index contributed by atoms with van der Waals surface area (Å²) in [4.78, 5) is 15.6. The SMILES string of the molecule is CN(C)C(=O)CNc1nc(C(F)(F)F)ns1. The van der Waals surface area contributed by atoms with Crippen molar-refractivity contribution in [2.75, 3.05) is 26.0 Å². The quantitative estimate of drug-likeness (QED) is 0.876. The number of hydrogen-bond donors (Lipinski definition) is 1. The minimum Gasteiger partial charge on any atom is -0.351 e. The molecule has 0 aliphatic carbocycles. The second-order valence-electron chi connectivity index (χ2n) is 3.06. The van der Waals surface area contributed by atoms with Gasteiger partial charge in [0.15, 0.2) is 0 Å². The number of likely N-dealkylation sites (N-methyl/N-ethyl adjacent to an activating group) is 1. The van der Waals surface area contributed by atoms with Gasteiger partial charge in [0, 0.05) is 25.6 Å². The molecule has 1 aromatic rings. The molecule has 1 amide bonds. The van der Waals surface area contributed by atoms with Gasteiger partial charge >= 0.3 is 6.18 Å². The Morgan fingerprint density at radius 2 is 2.12 bits per heavy atom. The summed E-state index contributed by atoms with van der Waals surface area (Å²) in [6, 6.07) is 0. The first kappa shape index (κ1) is 12.7. The average Bonchev–Trinajstić information content (AvgIpc) is 2.61. The highest BCUT2D eigenvalue weighted by atomic mass is 32.1. The van der Waals surface area contributed by atoms with Gasteiger partial charge < -0.3 is 10.2 Å². The first-order valence-corrected chi connectivity index (χ1v) is 4.93. The molecule has 0 unspecified atom stereocenters. The van der Waals surface area contributed by atoms with Gasteiger partial charge in [0.25, 0.3) is 0 Å². The number of carbonyl (C=O) groups is 1. The third kappa shape index (κ3) is 3.33. The monoisotopic (exact) mass is 254 g/mol. The molecule has 1 heterocycles. The molecule has 0 atom stereocenters. The van der Waals surface area contributed by atoms with Gasteiger partial charge in [-0.25, -0.2) is 0 Å². The summed E-state index contributed by atoms with van der Waals surface area (Å²) in [5, 5.41) is 2.45. The fraction of sp³-hybridized carbons (Fsp3) is 0.571. The van der Waals surface area contributed by atoms with Crippen LogP contribution in [0.3, 0.4) is 0 Å². The van der Waals surface area contributed by atoms with E-state index in [0.717, 1.165) is 0 Å². The zero-order valence-corrected chi connectivity index (χ0v) is 9.32. The number of nitrogens with zero attached hydrogens (tertiary/aromatic N) is 3. The van der Waals surface area contributed by atoms with E-state index in [-0.39, 0.29) is 17.6 Å². The Hall–Kier alpha value is -1.38. The number of rotatable bonds is 3. The molecule has 0 bridgehead atoms. The molecule has 9 heteroatoms. The second-order valence-corrected chi connectivity index (χ2v) is 3.81. The van der Waals surface area contributed by atoms with Crippen LogP contribution in [0, 0.1) is 0 Å². The molecular formula is C7H9F3N4OS. The molecule has 5 nitrogen and oxygen atoms in total. The topological polar surface area (TPSA) is 58.1 Å². The number of hydrogen-bond acceptors (Lipinski definition) is 5. The lowest BCUT2D eigenvalue weighted by Crippen LogP contribution is -2.28. The molecule has 90 valence electrons. The standard InChI is InChI=1S/C7H9F3N4OS/c1-14(2)4(15)3-11-6-12-5(13-16-6)7(8,9)10/h3H2,1-2H3,(H,11,12,13). The summed E-state index contributed by atoms with van der Waals surface area (Å²) in [5.41, 5.74) is 0. The molecule has 0 aromatic carbocycles. The third-order valence-corrected chi connectivity index (χ3v) is 2.24. The van der Waals surface area contributed by atoms with Gasteiger partial charge in [0.1, 0.15) is 0 Å². The van der Waals surface area contributed by atoms with Crippen molar-refractivity contribution in [1.82, 2.24) is 14.3 Å². The number of halogens is 3. The summed E-state index contributed by atoms with van der Waals surface area (Å²) in [7, 11) is 3.09. The molecule has 1 aromatic heterocycles. The number of alkyl halides is 3. The van der Waals surface area contributed by atoms with Crippen molar-refractivity contribution in [3.8, 4) is 0 Å². The third-order valence-electron chi connectivity index (χ3n) is 1.57.